The molecule has 1 aromatic carbocycles. The molecule has 0 aliphatic heterocycles. The maximum Gasteiger partial charge on any atom is 0.251 e. The lowest BCUT2D eigenvalue weighted by Crippen LogP contribution is -2.29. The van der Waals surface area contributed by atoms with Crippen LogP contribution in [0.3, 0.4) is 0 Å². The average Bonchev–Trinajstić information content (AvgIpc) is 2.43. The summed E-state index contributed by atoms with van der Waals surface area (Å²) in [4.78, 5) is 14.0. The van der Waals surface area contributed by atoms with Crippen LogP contribution in [0.1, 0.15) is 30.1 Å². The molecule has 1 unspecified atom stereocenters. The molecule has 0 aliphatic rings. The van der Waals surface area contributed by atoms with Crippen LogP contribution in [0.4, 0.5) is 5.69 Å². The summed E-state index contributed by atoms with van der Waals surface area (Å²) in [5.41, 5.74) is 1.82. The van der Waals surface area contributed by atoms with Crippen LogP contribution < -0.4 is 10.2 Å². The smallest absolute Gasteiger partial charge is 0.251 e. The second-order valence-electron chi connectivity index (χ2n) is 4.90. The first-order valence-corrected chi connectivity index (χ1v) is 7.82. The van der Waals surface area contributed by atoms with Crippen molar-refractivity contribution in [3.8, 4) is 0 Å². The van der Waals surface area contributed by atoms with Crippen LogP contribution in [0.5, 0.6) is 0 Å². The maximum absolute atomic E-state index is 12.0. The molecule has 0 aliphatic carbocycles. The van der Waals surface area contributed by atoms with E-state index in [1.165, 1.54) is 0 Å². The molecule has 1 amide bonds. The maximum atomic E-state index is 12.0. The van der Waals surface area contributed by atoms with Gasteiger partial charge in [0.25, 0.3) is 5.91 Å². The van der Waals surface area contributed by atoms with Crippen molar-refractivity contribution in [2.75, 3.05) is 30.9 Å². The molecule has 0 radical (unpaired) electrons. The molecule has 0 heterocycles. The highest BCUT2D eigenvalue weighted by Crippen LogP contribution is 2.13. The van der Waals surface area contributed by atoms with Gasteiger partial charge < -0.3 is 10.2 Å². The van der Waals surface area contributed by atoms with Crippen molar-refractivity contribution in [2.24, 2.45) is 5.92 Å². The van der Waals surface area contributed by atoms with Gasteiger partial charge in [-0.3, -0.25) is 4.79 Å². The van der Waals surface area contributed by atoms with Gasteiger partial charge in [0.05, 0.1) is 0 Å². The molecular formula is C15H23BrN2O. The van der Waals surface area contributed by atoms with E-state index in [9.17, 15) is 4.79 Å². The van der Waals surface area contributed by atoms with E-state index in [0.717, 1.165) is 36.0 Å². The number of benzene rings is 1. The number of carbonyl (C=O) groups excluding carboxylic acids is 1. The van der Waals surface area contributed by atoms with E-state index in [2.05, 4.69) is 28.2 Å². The van der Waals surface area contributed by atoms with Gasteiger partial charge in [0, 0.05) is 37.2 Å². The number of nitrogens with zero attached hydrogens (tertiary/aromatic N) is 1. The Balaban J connectivity index is 2.53. The molecule has 0 spiro atoms. The fraction of sp³-hybridized carbons (Fsp3) is 0.533. The van der Waals surface area contributed by atoms with E-state index in [0.29, 0.717) is 5.92 Å². The first kappa shape index (κ1) is 16.0. The zero-order valence-corrected chi connectivity index (χ0v) is 13.5. The molecule has 4 heteroatoms. The Morgan fingerprint density at radius 3 is 2.42 bits per heavy atom. The molecule has 0 bridgehead atoms. The number of carbonyl (C=O) groups is 1. The monoisotopic (exact) mass is 326 g/mol. The van der Waals surface area contributed by atoms with Crippen LogP contribution in [-0.4, -0.2) is 31.9 Å². The number of alkyl halides is 1. The van der Waals surface area contributed by atoms with Crippen LogP contribution >= 0.6 is 15.9 Å². The zero-order valence-electron chi connectivity index (χ0n) is 11.9. The number of hydrogen-bond acceptors (Lipinski definition) is 2. The summed E-state index contributed by atoms with van der Waals surface area (Å²) >= 11 is 3.45. The minimum absolute atomic E-state index is 0.0123. The number of nitrogens with one attached hydrogen (secondary N) is 1. The van der Waals surface area contributed by atoms with Crippen LogP contribution in [0, 0.1) is 5.92 Å². The summed E-state index contributed by atoms with van der Waals surface area (Å²) in [7, 11) is 3.97. The van der Waals surface area contributed by atoms with Crippen LogP contribution in [0.2, 0.25) is 0 Å². The number of amides is 1. The van der Waals surface area contributed by atoms with Gasteiger partial charge in [0.1, 0.15) is 0 Å². The van der Waals surface area contributed by atoms with Crippen molar-refractivity contribution < 1.29 is 4.79 Å². The standard InChI is InChI=1S/C15H23BrN2O/c1-4-12(9-10-16)11-17-15(19)13-5-7-14(8-6-13)18(2)3/h5-8,12H,4,9-11H2,1-3H3,(H,17,19). The highest BCUT2D eigenvalue weighted by molar-refractivity contribution is 9.09. The quantitative estimate of drug-likeness (QED) is 0.780. The third-order valence-electron chi connectivity index (χ3n) is 3.29. The van der Waals surface area contributed by atoms with Crippen LogP contribution in [-0.2, 0) is 0 Å². The van der Waals surface area contributed by atoms with Gasteiger partial charge in [0.2, 0.25) is 0 Å². The summed E-state index contributed by atoms with van der Waals surface area (Å²) in [6, 6.07) is 7.67. The molecule has 0 fully saturated rings. The predicted molar refractivity (Wildman–Crippen MR) is 85.3 cm³/mol. The second-order valence-corrected chi connectivity index (χ2v) is 5.70. The molecule has 0 aromatic heterocycles. The number of hydrogen-bond donors (Lipinski definition) is 1. The van der Waals surface area contributed by atoms with E-state index in [1.807, 2.05) is 43.3 Å². The molecule has 0 saturated carbocycles. The second kappa shape index (κ2) is 8.20. The SMILES string of the molecule is CCC(CCBr)CNC(=O)c1ccc(N(C)C)cc1. The molecule has 1 N–H and O–H groups in total. The Hall–Kier alpha value is -1.03. The molecule has 19 heavy (non-hydrogen) atoms. The number of anilines is 1. The normalized spacial score (nSPS) is 12.0. The largest absolute Gasteiger partial charge is 0.378 e. The Kier molecular flexibility index (Phi) is 6.92. The molecular weight excluding hydrogens is 304 g/mol. The Bertz CT molecular complexity index is 390. The first-order valence-electron chi connectivity index (χ1n) is 6.70. The minimum Gasteiger partial charge on any atom is -0.378 e. The average molecular weight is 327 g/mol. The van der Waals surface area contributed by atoms with Crippen LogP contribution in [0.15, 0.2) is 24.3 Å². The third-order valence-corrected chi connectivity index (χ3v) is 3.75. The summed E-state index contributed by atoms with van der Waals surface area (Å²) in [5, 5.41) is 4.00. The summed E-state index contributed by atoms with van der Waals surface area (Å²) in [5.74, 6) is 0.558. The Labute approximate surface area is 124 Å². The summed E-state index contributed by atoms with van der Waals surface area (Å²) in [6.45, 7) is 2.90. The lowest BCUT2D eigenvalue weighted by Gasteiger charge is -2.15. The minimum atomic E-state index is 0.0123. The zero-order chi connectivity index (χ0) is 14.3. The van der Waals surface area contributed by atoms with Gasteiger partial charge >= 0.3 is 0 Å². The number of halogens is 1. The fourth-order valence-corrected chi connectivity index (χ4v) is 2.50. The molecule has 1 rings (SSSR count). The molecule has 1 atom stereocenters. The van der Waals surface area contributed by atoms with Crippen molar-refractivity contribution in [3.05, 3.63) is 29.8 Å². The van der Waals surface area contributed by atoms with Crippen molar-refractivity contribution in [1.82, 2.24) is 5.32 Å². The van der Waals surface area contributed by atoms with E-state index < -0.39 is 0 Å². The van der Waals surface area contributed by atoms with Gasteiger partial charge in [-0.25, -0.2) is 0 Å². The van der Waals surface area contributed by atoms with Crippen molar-refractivity contribution in [2.45, 2.75) is 19.8 Å². The van der Waals surface area contributed by atoms with E-state index in [1.54, 1.807) is 0 Å². The molecule has 1 aromatic rings. The molecule has 0 saturated heterocycles. The van der Waals surface area contributed by atoms with Gasteiger partial charge in [-0.1, -0.05) is 29.3 Å². The van der Waals surface area contributed by atoms with Gasteiger partial charge in [0.15, 0.2) is 0 Å². The van der Waals surface area contributed by atoms with E-state index in [4.69, 9.17) is 0 Å². The summed E-state index contributed by atoms with van der Waals surface area (Å²) < 4.78 is 0. The van der Waals surface area contributed by atoms with Crippen LogP contribution in [0.25, 0.3) is 0 Å². The van der Waals surface area contributed by atoms with E-state index >= 15 is 0 Å². The molecule has 106 valence electrons. The Morgan fingerprint density at radius 1 is 1.32 bits per heavy atom. The lowest BCUT2D eigenvalue weighted by molar-refractivity contribution is 0.0946. The third kappa shape index (κ3) is 5.23. The van der Waals surface area contributed by atoms with Gasteiger partial charge in [-0.2, -0.15) is 0 Å². The van der Waals surface area contributed by atoms with Gasteiger partial charge in [-0.05, 0) is 36.6 Å². The lowest BCUT2D eigenvalue weighted by atomic mass is 10.0. The first-order chi connectivity index (χ1) is 9.08. The topological polar surface area (TPSA) is 32.3 Å². The number of rotatable bonds is 7. The molecule has 3 nitrogen and oxygen atoms in total. The highest BCUT2D eigenvalue weighted by atomic mass is 79.9. The fourth-order valence-electron chi connectivity index (χ4n) is 1.85. The van der Waals surface area contributed by atoms with E-state index in [-0.39, 0.29) is 5.91 Å². The summed E-state index contributed by atoms with van der Waals surface area (Å²) in [6.07, 6.45) is 2.18. The predicted octanol–water partition coefficient (Wildman–Crippen LogP) is 3.29. The van der Waals surface area contributed by atoms with Gasteiger partial charge in [-0.15, -0.1) is 0 Å². The van der Waals surface area contributed by atoms with Crippen molar-refractivity contribution >= 4 is 27.5 Å². The van der Waals surface area contributed by atoms with Crippen molar-refractivity contribution in [3.63, 3.8) is 0 Å². The van der Waals surface area contributed by atoms with Crippen molar-refractivity contribution in [1.29, 1.82) is 0 Å². The Morgan fingerprint density at radius 2 is 1.95 bits per heavy atom. The highest BCUT2D eigenvalue weighted by Gasteiger charge is 2.09.